The highest BCUT2D eigenvalue weighted by atomic mass is 16.5. The fraction of sp³-hybridized carbons (Fsp3) is 0.812. The molecule has 1 heterocycles. The van der Waals surface area contributed by atoms with E-state index in [4.69, 9.17) is 4.74 Å². The monoisotopic (exact) mass is 294 g/mol. The van der Waals surface area contributed by atoms with E-state index in [1.807, 2.05) is 13.2 Å². The van der Waals surface area contributed by atoms with Gasteiger partial charge >= 0.3 is 0 Å². The third kappa shape index (κ3) is 4.80. The van der Waals surface area contributed by atoms with Crippen LogP contribution in [0.2, 0.25) is 0 Å². The van der Waals surface area contributed by atoms with E-state index in [9.17, 15) is 0 Å². The van der Waals surface area contributed by atoms with E-state index in [2.05, 4.69) is 33.1 Å². The summed E-state index contributed by atoms with van der Waals surface area (Å²) in [6.07, 6.45) is 6.91. The number of hydrogen-bond acceptors (Lipinski definition) is 4. The van der Waals surface area contributed by atoms with Gasteiger partial charge in [0.05, 0.1) is 11.7 Å². The first-order chi connectivity index (χ1) is 10.2. The molecule has 2 rings (SSSR count). The Balaban J connectivity index is 1.88. The molecule has 1 saturated carbocycles. The maximum Gasteiger partial charge on any atom is 0.0527 e. The van der Waals surface area contributed by atoms with Crippen LogP contribution < -0.4 is 5.32 Å². The zero-order valence-electron chi connectivity index (χ0n) is 13.7. The molecule has 1 aliphatic carbocycles. The molecule has 1 aliphatic rings. The van der Waals surface area contributed by atoms with Gasteiger partial charge in [0.25, 0.3) is 0 Å². The van der Waals surface area contributed by atoms with Gasteiger partial charge in [-0.05, 0) is 51.8 Å². The molecule has 0 spiro atoms. The molecule has 1 aromatic rings. The van der Waals surface area contributed by atoms with Crippen LogP contribution in [0.5, 0.6) is 0 Å². The highest BCUT2D eigenvalue weighted by Crippen LogP contribution is 2.32. The summed E-state index contributed by atoms with van der Waals surface area (Å²) in [6, 6.07) is 2.73. The minimum atomic E-state index is 0.570. The zero-order valence-corrected chi connectivity index (χ0v) is 13.7. The van der Waals surface area contributed by atoms with Crippen molar-refractivity contribution in [2.24, 2.45) is 5.92 Å². The van der Waals surface area contributed by atoms with Crippen LogP contribution in [0.4, 0.5) is 0 Å². The van der Waals surface area contributed by atoms with Crippen molar-refractivity contribution < 1.29 is 4.74 Å². The second-order valence-corrected chi connectivity index (χ2v) is 6.24. The summed E-state index contributed by atoms with van der Waals surface area (Å²) in [5.41, 5.74) is 1.34. The van der Waals surface area contributed by atoms with Crippen molar-refractivity contribution in [3.8, 4) is 0 Å². The van der Waals surface area contributed by atoms with Crippen LogP contribution in [0.3, 0.4) is 0 Å². The van der Waals surface area contributed by atoms with E-state index in [-0.39, 0.29) is 0 Å². The Morgan fingerprint density at radius 3 is 2.81 bits per heavy atom. The van der Waals surface area contributed by atoms with E-state index in [0.717, 1.165) is 32.2 Å². The van der Waals surface area contributed by atoms with E-state index >= 15 is 0 Å². The molecule has 5 nitrogen and oxygen atoms in total. The van der Waals surface area contributed by atoms with Crippen molar-refractivity contribution in [2.45, 2.75) is 38.3 Å². The number of hydrogen-bond donors (Lipinski definition) is 1. The number of rotatable bonds is 8. The summed E-state index contributed by atoms with van der Waals surface area (Å²) in [5, 5.41) is 7.78. The number of likely N-dealkylation sites (N-methyl/N-ethyl adjacent to an activating group) is 2. The van der Waals surface area contributed by atoms with Crippen molar-refractivity contribution in [1.29, 1.82) is 0 Å². The molecule has 1 N–H and O–H groups in total. The average molecular weight is 294 g/mol. The van der Waals surface area contributed by atoms with Crippen molar-refractivity contribution in [2.75, 3.05) is 40.9 Å². The van der Waals surface area contributed by atoms with Gasteiger partial charge in [-0.2, -0.15) is 5.10 Å². The molecular formula is C16H30N4O. The lowest BCUT2D eigenvalue weighted by molar-refractivity contribution is 0.117. The fourth-order valence-electron chi connectivity index (χ4n) is 3.25. The Morgan fingerprint density at radius 1 is 1.38 bits per heavy atom. The summed E-state index contributed by atoms with van der Waals surface area (Å²) in [7, 11) is 5.97. The summed E-state index contributed by atoms with van der Waals surface area (Å²) in [6.45, 7) is 3.96. The van der Waals surface area contributed by atoms with Crippen LogP contribution in [0, 0.1) is 5.92 Å². The van der Waals surface area contributed by atoms with Crippen LogP contribution in [-0.4, -0.2) is 55.6 Å². The molecule has 0 unspecified atom stereocenters. The molecule has 0 amide bonds. The second-order valence-electron chi connectivity index (χ2n) is 6.24. The van der Waals surface area contributed by atoms with Crippen LogP contribution >= 0.6 is 0 Å². The first kappa shape index (κ1) is 16.5. The molecule has 0 radical (unpaired) electrons. The van der Waals surface area contributed by atoms with Gasteiger partial charge in [0.1, 0.15) is 0 Å². The molecule has 1 aromatic heterocycles. The van der Waals surface area contributed by atoms with Crippen molar-refractivity contribution >= 4 is 0 Å². The van der Waals surface area contributed by atoms with Gasteiger partial charge in [-0.1, -0.05) is 0 Å². The predicted octanol–water partition coefficient (Wildman–Crippen LogP) is 1.91. The first-order valence-electron chi connectivity index (χ1n) is 8.09. The molecule has 120 valence electrons. The standard InChI is InChI=1S/C16H30N4O/c1-17-10-11-19(2)12-16-8-9-18-20(16)15-6-4-14(5-7-15)13-21-3/h8-9,14-15,17H,4-7,10-13H2,1-3H3/t14-,15-. The Hall–Kier alpha value is -0.910. The van der Waals surface area contributed by atoms with Gasteiger partial charge in [-0.3, -0.25) is 9.58 Å². The number of nitrogens with one attached hydrogen (secondary N) is 1. The van der Waals surface area contributed by atoms with Crippen LogP contribution in [0.1, 0.15) is 37.4 Å². The smallest absolute Gasteiger partial charge is 0.0527 e. The van der Waals surface area contributed by atoms with E-state index in [0.29, 0.717) is 6.04 Å². The quantitative estimate of drug-likeness (QED) is 0.795. The van der Waals surface area contributed by atoms with Crippen LogP contribution in [0.25, 0.3) is 0 Å². The summed E-state index contributed by atoms with van der Waals surface area (Å²) < 4.78 is 7.55. The van der Waals surface area contributed by atoms with Crippen LogP contribution in [0.15, 0.2) is 12.3 Å². The molecule has 21 heavy (non-hydrogen) atoms. The van der Waals surface area contributed by atoms with Crippen LogP contribution in [-0.2, 0) is 11.3 Å². The maximum absolute atomic E-state index is 5.29. The molecule has 0 atom stereocenters. The van der Waals surface area contributed by atoms with Gasteiger partial charge in [-0.25, -0.2) is 0 Å². The van der Waals surface area contributed by atoms with Gasteiger partial charge in [0.15, 0.2) is 0 Å². The minimum Gasteiger partial charge on any atom is -0.384 e. The summed E-state index contributed by atoms with van der Waals surface area (Å²) >= 11 is 0. The largest absolute Gasteiger partial charge is 0.384 e. The van der Waals surface area contributed by atoms with Crippen molar-refractivity contribution in [3.63, 3.8) is 0 Å². The Morgan fingerprint density at radius 2 is 2.14 bits per heavy atom. The Labute approximate surface area is 128 Å². The number of nitrogens with zero attached hydrogens (tertiary/aromatic N) is 3. The fourth-order valence-corrected chi connectivity index (χ4v) is 3.25. The predicted molar refractivity (Wildman–Crippen MR) is 85.4 cm³/mol. The van der Waals surface area contributed by atoms with Gasteiger partial charge in [0, 0.05) is 39.5 Å². The molecule has 0 bridgehead atoms. The van der Waals surface area contributed by atoms with Crippen molar-refractivity contribution in [1.82, 2.24) is 20.0 Å². The third-order valence-electron chi connectivity index (χ3n) is 4.49. The topological polar surface area (TPSA) is 42.3 Å². The lowest BCUT2D eigenvalue weighted by Gasteiger charge is -2.30. The van der Waals surface area contributed by atoms with Gasteiger partial charge < -0.3 is 10.1 Å². The molecular weight excluding hydrogens is 264 g/mol. The maximum atomic E-state index is 5.29. The Bertz CT molecular complexity index is 399. The highest BCUT2D eigenvalue weighted by molar-refractivity contribution is 5.02. The van der Waals surface area contributed by atoms with E-state index in [1.54, 1.807) is 7.11 Å². The van der Waals surface area contributed by atoms with Gasteiger partial charge in [-0.15, -0.1) is 0 Å². The molecule has 5 heteroatoms. The Kier molecular flexibility index (Phi) is 6.67. The molecule has 0 saturated heterocycles. The number of methoxy groups -OCH3 is 1. The van der Waals surface area contributed by atoms with E-state index < -0.39 is 0 Å². The molecule has 0 aromatic carbocycles. The van der Waals surface area contributed by atoms with Gasteiger partial charge in [0.2, 0.25) is 0 Å². The normalized spacial score (nSPS) is 22.9. The average Bonchev–Trinajstić information content (AvgIpc) is 2.94. The van der Waals surface area contributed by atoms with Crippen molar-refractivity contribution in [3.05, 3.63) is 18.0 Å². The second kappa shape index (κ2) is 8.51. The third-order valence-corrected chi connectivity index (χ3v) is 4.49. The summed E-state index contributed by atoms with van der Waals surface area (Å²) in [4.78, 5) is 2.35. The molecule has 1 fully saturated rings. The van der Waals surface area contributed by atoms with E-state index in [1.165, 1.54) is 31.4 Å². The SMILES string of the molecule is CNCCN(C)Cc1ccnn1[C@H]1CC[C@H](COC)CC1. The number of aromatic nitrogens is 2. The summed E-state index contributed by atoms with van der Waals surface area (Å²) in [5.74, 6) is 0.739. The minimum absolute atomic E-state index is 0.570. The zero-order chi connectivity index (χ0) is 15.1. The number of ether oxygens (including phenoxy) is 1. The first-order valence-corrected chi connectivity index (χ1v) is 8.09. The lowest BCUT2D eigenvalue weighted by atomic mass is 9.86. The molecule has 0 aliphatic heterocycles. The highest BCUT2D eigenvalue weighted by Gasteiger charge is 2.24. The lowest BCUT2D eigenvalue weighted by Crippen LogP contribution is -2.29.